The number of quaternary nitrogens is 1. The Kier molecular flexibility index (Phi) is 4.79. The van der Waals surface area contributed by atoms with E-state index >= 15 is 0 Å². The molecule has 1 aliphatic rings. The molecule has 3 heterocycles. The van der Waals surface area contributed by atoms with Crippen molar-refractivity contribution in [2.45, 2.75) is 25.8 Å². The second-order valence-electron chi connectivity index (χ2n) is 6.96. The van der Waals surface area contributed by atoms with Crippen molar-refractivity contribution in [1.82, 2.24) is 14.6 Å². The molecule has 1 saturated heterocycles. The van der Waals surface area contributed by atoms with Crippen LogP contribution in [0.5, 0.6) is 5.88 Å². The average molecular weight is 407 g/mol. The van der Waals surface area contributed by atoms with E-state index in [9.17, 15) is 9.90 Å². The van der Waals surface area contributed by atoms with Gasteiger partial charge >= 0.3 is 0 Å². The summed E-state index contributed by atoms with van der Waals surface area (Å²) in [6.45, 7) is 3.40. The topological polar surface area (TPSA) is 98.0 Å². The molecule has 0 bridgehead atoms. The van der Waals surface area contributed by atoms with Gasteiger partial charge in [-0.1, -0.05) is 35.1 Å². The number of likely N-dealkylation sites (tertiary alicyclic amines) is 1. The minimum atomic E-state index is -0.228. The number of aryl methyl sites for hydroxylation is 1. The van der Waals surface area contributed by atoms with E-state index in [2.05, 4.69) is 10.1 Å². The van der Waals surface area contributed by atoms with Gasteiger partial charge in [-0.25, -0.2) is 4.98 Å². The lowest BCUT2D eigenvalue weighted by Gasteiger charge is -2.33. The molecule has 9 heteroatoms. The first-order chi connectivity index (χ1) is 12.9. The molecular formula is C18H21ClN5O2S+. The van der Waals surface area contributed by atoms with Gasteiger partial charge in [-0.3, -0.25) is 4.79 Å². The van der Waals surface area contributed by atoms with Crippen molar-refractivity contribution in [1.29, 1.82) is 0 Å². The molecule has 2 aromatic heterocycles. The molecule has 0 radical (unpaired) electrons. The van der Waals surface area contributed by atoms with Crippen molar-refractivity contribution in [3.05, 3.63) is 45.6 Å². The van der Waals surface area contributed by atoms with Crippen molar-refractivity contribution < 1.29 is 14.8 Å². The number of piperidine rings is 1. The smallest absolute Gasteiger partial charge is 0.235 e. The number of fused-ring (bicyclic) bond motifs is 1. The molecule has 0 saturated carbocycles. The lowest BCUT2D eigenvalue weighted by Crippen LogP contribution is -3.13. The summed E-state index contributed by atoms with van der Waals surface area (Å²) >= 11 is 7.52. The number of primary amides is 1. The summed E-state index contributed by atoms with van der Waals surface area (Å²) in [6.07, 6.45) is 1.49. The van der Waals surface area contributed by atoms with Gasteiger partial charge < -0.3 is 15.7 Å². The molecule has 3 aromatic rings. The van der Waals surface area contributed by atoms with Crippen molar-refractivity contribution >= 4 is 33.8 Å². The van der Waals surface area contributed by atoms with E-state index in [0.29, 0.717) is 15.8 Å². The number of nitrogens with one attached hydrogen (secondary N) is 1. The van der Waals surface area contributed by atoms with Crippen molar-refractivity contribution in [2.24, 2.45) is 11.7 Å². The van der Waals surface area contributed by atoms with E-state index in [1.165, 1.54) is 20.8 Å². The minimum Gasteiger partial charge on any atom is -0.492 e. The van der Waals surface area contributed by atoms with E-state index in [0.717, 1.165) is 36.4 Å². The van der Waals surface area contributed by atoms with E-state index in [4.69, 9.17) is 17.3 Å². The van der Waals surface area contributed by atoms with Crippen LogP contribution < -0.4 is 10.6 Å². The van der Waals surface area contributed by atoms with Gasteiger partial charge in [0.2, 0.25) is 16.7 Å². The van der Waals surface area contributed by atoms with Crippen LogP contribution in [0.25, 0.3) is 4.96 Å². The Balaban J connectivity index is 1.74. The lowest BCUT2D eigenvalue weighted by atomic mass is 9.93. The number of carbonyl (C=O) groups excluding carboxylic acids is 1. The Bertz CT molecular complexity index is 976. The molecule has 7 nitrogen and oxygen atoms in total. The zero-order valence-electron chi connectivity index (χ0n) is 14.9. The van der Waals surface area contributed by atoms with Gasteiger partial charge in [0, 0.05) is 29.3 Å². The van der Waals surface area contributed by atoms with E-state index in [1.807, 2.05) is 24.3 Å². The summed E-state index contributed by atoms with van der Waals surface area (Å²) in [5.41, 5.74) is 6.54. The summed E-state index contributed by atoms with van der Waals surface area (Å²) < 4.78 is 1.49. The first kappa shape index (κ1) is 18.2. The van der Waals surface area contributed by atoms with Gasteiger partial charge in [0.15, 0.2) is 6.04 Å². The summed E-state index contributed by atoms with van der Waals surface area (Å²) in [6, 6.07) is 7.61. The molecule has 1 aliphatic heterocycles. The first-order valence-corrected chi connectivity index (χ1v) is 10.1. The Labute approximate surface area is 165 Å². The normalized spacial score (nSPS) is 21.4. The van der Waals surface area contributed by atoms with Gasteiger partial charge in [-0.2, -0.15) is 4.52 Å². The van der Waals surface area contributed by atoms with Gasteiger partial charge in [-0.15, -0.1) is 5.10 Å². The quantitative estimate of drug-likeness (QED) is 0.608. The highest BCUT2D eigenvalue weighted by atomic mass is 35.5. The number of nitrogens with two attached hydrogens (primary N) is 1. The van der Waals surface area contributed by atoms with Crippen LogP contribution in [0.15, 0.2) is 24.3 Å². The highest BCUT2D eigenvalue weighted by molar-refractivity contribution is 7.17. The summed E-state index contributed by atoms with van der Waals surface area (Å²) in [7, 11) is 0. The number of aromatic nitrogens is 3. The van der Waals surface area contributed by atoms with Crippen LogP contribution in [0.1, 0.15) is 35.1 Å². The van der Waals surface area contributed by atoms with Gasteiger partial charge in [0.05, 0.1) is 13.1 Å². The number of nitrogens with zero attached hydrogens (tertiary/aromatic N) is 3. The number of hydrogen-bond donors (Lipinski definition) is 3. The third-order valence-electron chi connectivity index (χ3n) is 5.21. The second kappa shape index (κ2) is 7.10. The minimum absolute atomic E-state index is 0.0711. The number of halogens is 1. The Morgan fingerprint density at radius 2 is 2.04 bits per heavy atom. The van der Waals surface area contributed by atoms with E-state index in [1.54, 1.807) is 6.92 Å². The zero-order chi connectivity index (χ0) is 19.1. The third kappa shape index (κ3) is 3.40. The van der Waals surface area contributed by atoms with Crippen LogP contribution in [0.4, 0.5) is 0 Å². The Morgan fingerprint density at radius 3 is 2.63 bits per heavy atom. The third-order valence-corrected chi connectivity index (χ3v) is 6.55. The van der Waals surface area contributed by atoms with E-state index in [-0.39, 0.29) is 23.7 Å². The number of aromatic hydroxyl groups is 1. The number of carbonyl (C=O) groups is 1. The molecule has 0 spiro atoms. The molecule has 4 rings (SSSR count). The zero-order valence-corrected chi connectivity index (χ0v) is 16.4. The molecular weight excluding hydrogens is 386 g/mol. The molecule has 0 unspecified atom stereocenters. The predicted molar refractivity (Wildman–Crippen MR) is 103 cm³/mol. The van der Waals surface area contributed by atoms with E-state index < -0.39 is 0 Å². The maximum atomic E-state index is 11.5. The van der Waals surface area contributed by atoms with Crippen molar-refractivity contribution in [3.63, 3.8) is 0 Å². The fourth-order valence-electron chi connectivity index (χ4n) is 3.83. The van der Waals surface area contributed by atoms with Crippen LogP contribution in [0, 0.1) is 12.8 Å². The highest BCUT2D eigenvalue weighted by Gasteiger charge is 2.36. The average Bonchev–Trinajstić information content (AvgIpc) is 3.15. The number of thiazole rings is 1. The van der Waals surface area contributed by atoms with Gasteiger partial charge in [0.25, 0.3) is 0 Å². The Morgan fingerprint density at radius 1 is 1.37 bits per heavy atom. The molecule has 1 aromatic carbocycles. The predicted octanol–water partition coefficient (Wildman–Crippen LogP) is 1.33. The summed E-state index contributed by atoms with van der Waals surface area (Å²) in [4.78, 5) is 18.7. The monoisotopic (exact) mass is 406 g/mol. The number of hydrogen-bond acceptors (Lipinski definition) is 5. The molecule has 1 atom stereocenters. The number of rotatable bonds is 4. The molecule has 4 N–H and O–H groups in total. The lowest BCUT2D eigenvalue weighted by molar-refractivity contribution is -0.930. The molecule has 1 amide bonds. The Hall–Kier alpha value is -2.16. The SMILES string of the molecule is Cc1nc2sc([C@@H](c3ccc(Cl)cc3)[NH+]3CCC(C(N)=O)CC3)c(O)n2n1. The van der Waals surface area contributed by atoms with Crippen LogP contribution in [0.2, 0.25) is 5.02 Å². The van der Waals surface area contributed by atoms with Crippen molar-refractivity contribution in [3.8, 4) is 5.88 Å². The highest BCUT2D eigenvalue weighted by Crippen LogP contribution is 2.35. The van der Waals surface area contributed by atoms with Crippen molar-refractivity contribution in [2.75, 3.05) is 13.1 Å². The number of benzene rings is 1. The van der Waals surface area contributed by atoms with Gasteiger partial charge in [-0.05, 0) is 19.1 Å². The second-order valence-corrected chi connectivity index (χ2v) is 8.41. The molecule has 27 heavy (non-hydrogen) atoms. The van der Waals surface area contributed by atoms with Crippen LogP contribution in [-0.4, -0.2) is 38.7 Å². The molecule has 142 valence electrons. The number of amides is 1. The largest absolute Gasteiger partial charge is 0.492 e. The fourth-order valence-corrected chi connectivity index (χ4v) is 5.14. The summed E-state index contributed by atoms with van der Waals surface area (Å²) in [5, 5.41) is 15.8. The standard InChI is InChI=1S/C18H20ClN5O2S/c1-10-21-18-24(22-10)17(26)15(27-18)14(11-2-4-13(19)5-3-11)23-8-6-12(7-9-23)16(20)25/h2-5,12,14,26H,6-9H2,1H3,(H2,20,25)/p+1/t14-/m1/s1. The van der Waals surface area contributed by atoms with Crippen LogP contribution in [-0.2, 0) is 4.79 Å². The maximum absolute atomic E-state index is 11.5. The fraction of sp³-hybridized carbons (Fsp3) is 0.389. The van der Waals surface area contributed by atoms with Gasteiger partial charge in [0.1, 0.15) is 10.7 Å². The first-order valence-electron chi connectivity index (χ1n) is 8.88. The summed E-state index contributed by atoms with van der Waals surface area (Å²) in [5.74, 6) is 0.452. The van der Waals surface area contributed by atoms with Crippen LogP contribution >= 0.6 is 22.9 Å². The molecule has 0 aliphatic carbocycles. The molecule has 1 fully saturated rings. The maximum Gasteiger partial charge on any atom is 0.235 e. The van der Waals surface area contributed by atoms with Crippen LogP contribution in [0.3, 0.4) is 0 Å².